The van der Waals surface area contributed by atoms with Crippen molar-refractivity contribution in [1.29, 1.82) is 0 Å². The molecule has 11 heteroatoms. The summed E-state index contributed by atoms with van der Waals surface area (Å²) in [5, 5.41) is 1.68. The van der Waals surface area contributed by atoms with Crippen LogP contribution < -0.4 is 28.3 Å². The highest BCUT2D eigenvalue weighted by atomic mass is 35.7. The summed E-state index contributed by atoms with van der Waals surface area (Å²) >= 11 is 0. The van der Waals surface area contributed by atoms with Crippen LogP contribution in [0.2, 0.25) is 0 Å². The molecule has 0 spiro atoms. The summed E-state index contributed by atoms with van der Waals surface area (Å²) in [6, 6.07) is 11.2. The average molecular weight is 436 g/mol. The van der Waals surface area contributed by atoms with Gasteiger partial charge in [0.25, 0.3) is 0 Å². The van der Waals surface area contributed by atoms with Crippen molar-refractivity contribution in [3.63, 3.8) is 0 Å². The van der Waals surface area contributed by atoms with E-state index in [0.717, 1.165) is 23.0 Å². The van der Waals surface area contributed by atoms with E-state index in [2.05, 4.69) is 4.72 Å². The molecule has 0 saturated heterocycles. The van der Waals surface area contributed by atoms with Crippen LogP contribution in [-0.2, 0) is 10.0 Å². The van der Waals surface area contributed by atoms with E-state index in [1.54, 1.807) is 12.1 Å². The van der Waals surface area contributed by atoms with Crippen LogP contribution in [0.25, 0.3) is 10.8 Å². The lowest BCUT2D eigenvalue weighted by Gasteiger charge is -2.24. The molecular formula is C17H26ClN3O6S. The number of likely N-dealkylation sites (N-methyl/N-ethyl adjacent to an activating group) is 1. The number of anilines is 1. The van der Waals surface area contributed by atoms with E-state index in [1.165, 1.54) is 0 Å². The van der Waals surface area contributed by atoms with Crippen molar-refractivity contribution in [1.82, 2.24) is 4.72 Å². The van der Waals surface area contributed by atoms with Crippen molar-refractivity contribution in [2.24, 2.45) is 0 Å². The first-order valence-electron chi connectivity index (χ1n) is 8.23. The average Bonchev–Trinajstić information content (AvgIpc) is 2.50. The van der Waals surface area contributed by atoms with Gasteiger partial charge in [-0.1, -0.05) is 24.3 Å². The molecule has 9 nitrogen and oxygen atoms in total. The van der Waals surface area contributed by atoms with Gasteiger partial charge in [-0.25, -0.2) is 31.8 Å². The molecular weight excluding hydrogens is 410 g/mol. The number of fused-ring (bicyclic) bond motifs is 1. The SMILES string of the molecule is CN(C)c1cccc2c(S(=O)(=O)NCC[N+](C)(C)C)cccc12.[O-][Cl+3]([O-])([O-])[O-]. The number of quaternary nitrogens is 1. The number of benzene rings is 2. The summed E-state index contributed by atoms with van der Waals surface area (Å²) in [5.41, 5.74) is 1.01. The zero-order valence-corrected chi connectivity index (χ0v) is 18.1. The maximum absolute atomic E-state index is 12.7. The lowest BCUT2D eigenvalue weighted by Crippen LogP contribution is -2.68. The minimum Gasteiger partial charge on any atom is -0.377 e. The minimum absolute atomic E-state index is 0.333. The van der Waals surface area contributed by atoms with Crippen LogP contribution in [0.1, 0.15) is 0 Å². The van der Waals surface area contributed by atoms with Crippen molar-refractivity contribution in [3.8, 4) is 0 Å². The number of sulfonamides is 1. The second-order valence-electron chi connectivity index (χ2n) is 7.31. The Morgan fingerprint density at radius 1 is 0.964 bits per heavy atom. The normalized spacial score (nSPS) is 12.5. The Bertz CT molecular complexity index is 886. The molecule has 0 atom stereocenters. The van der Waals surface area contributed by atoms with Crippen LogP contribution in [-0.4, -0.2) is 61.2 Å². The summed E-state index contributed by atoms with van der Waals surface area (Å²) in [6.45, 7) is 1.14. The number of hydrogen-bond donors (Lipinski definition) is 1. The van der Waals surface area contributed by atoms with E-state index in [9.17, 15) is 8.42 Å². The second-order valence-corrected chi connectivity index (χ2v) is 9.80. The monoisotopic (exact) mass is 435 g/mol. The molecule has 0 bridgehead atoms. The standard InChI is InChI=1S/C17H26N3O2S.ClHO4/c1-19(2)16-10-6-9-15-14(16)8-7-11-17(15)23(21,22)18-12-13-20(3,4)5;2-1(3,4)5/h6-11,18H,12-13H2,1-5H3;(H,2,3,4,5)/q+1;/p-1. The third-order valence-corrected chi connectivity index (χ3v) is 5.22. The predicted molar refractivity (Wildman–Crippen MR) is 96.4 cm³/mol. The summed E-state index contributed by atoms with van der Waals surface area (Å²) < 4.78 is 62.8. The number of nitrogens with one attached hydrogen (secondary N) is 1. The predicted octanol–water partition coefficient (Wildman–Crippen LogP) is -2.87. The van der Waals surface area contributed by atoms with Crippen molar-refractivity contribution in [2.45, 2.75) is 4.90 Å². The highest BCUT2D eigenvalue weighted by Crippen LogP contribution is 2.29. The zero-order chi connectivity index (χ0) is 21.8. The van der Waals surface area contributed by atoms with Gasteiger partial charge in [-0.15, -0.1) is 10.2 Å². The van der Waals surface area contributed by atoms with Gasteiger partial charge >= 0.3 is 0 Å². The molecule has 2 aromatic carbocycles. The van der Waals surface area contributed by atoms with E-state index >= 15 is 0 Å². The lowest BCUT2D eigenvalue weighted by molar-refractivity contribution is -2.00. The molecule has 0 aliphatic heterocycles. The Balaban J connectivity index is 0.000000696. The number of halogens is 1. The molecule has 0 saturated carbocycles. The molecule has 0 radical (unpaired) electrons. The Kier molecular flexibility index (Phi) is 8.18. The smallest absolute Gasteiger partial charge is 0.241 e. The Hall–Kier alpha value is -1.50. The highest BCUT2D eigenvalue weighted by molar-refractivity contribution is 7.89. The van der Waals surface area contributed by atoms with Crippen molar-refractivity contribution < 1.29 is 41.8 Å². The molecule has 0 aliphatic carbocycles. The first kappa shape index (κ1) is 24.5. The molecule has 0 heterocycles. The zero-order valence-electron chi connectivity index (χ0n) is 16.5. The Morgan fingerprint density at radius 3 is 1.96 bits per heavy atom. The maximum atomic E-state index is 12.7. The van der Waals surface area contributed by atoms with Crippen LogP contribution in [0.5, 0.6) is 0 Å². The van der Waals surface area contributed by atoms with Gasteiger partial charge in [-0.2, -0.15) is 0 Å². The molecule has 0 unspecified atom stereocenters. The van der Waals surface area contributed by atoms with Crippen LogP contribution in [0.3, 0.4) is 0 Å². The van der Waals surface area contributed by atoms with E-state index < -0.39 is 20.3 Å². The molecule has 0 fully saturated rings. The fourth-order valence-corrected chi connectivity index (χ4v) is 3.72. The molecule has 0 amide bonds. The van der Waals surface area contributed by atoms with Gasteiger partial charge in [0.05, 0.1) is 39.1 Å². The molecule has 2 rings (SSSR count). The molecule has 2 aromatic rings. The third kappa shape index (κ3) is 8.25. The van der Waals surface area contributed by atoms with Gasteiger partial charge in [0.1, 0.15) is 0 Å². The van der Waals surface area contributed by atoms with Crippen molar-refractivity contribution in [3.05, 3.63) is 36.4 Å². The highest BCUT2D eigenvalue weighted by Gasteiger charge is 2.19. The third-order valence-electron chi connectivity index (χ3n) is 3.71. The molecule has 1 N–H and O–H groups in total. The second kappa shape index (κ2) is 9.33. The molecule has 158 valence electrons. The maximum Gasteiger partial charge on any atom is 0.241 e. The van der Waals surface area contributed by atoms with Gasteiger partial charge in [-0.3, -0.25) is 0 Å². The van der Waals surface area contributed by atoms with Crippen molar-refractivity contribution in [2.75, 3.05) is 53.2 Å². The first-order valence-corrected chi connectivity index (χ1v) is 10.9. The van der Waals surface area contributed by atoms with Crippen molar-refractivity contribution >= 4 is 26.5 Å². The van der Waals surface area contributed by atoms with E-state index in [1.807, 2.05) is 64.4 Å². The van der Waals surface area contributed by atoms with Gasteiger partial charge < -0.3 is 9.38 Å². The summed E-state index contributed by atoms with van der Waals surface area (Å²) in [7, 11) is 1.54. The summed E-state index contributed by atoms with van der Waals surface area (Å²) in [5.74, 6) is 0. The van der Waals surface area contributed by atoms with Crippen LogP contribution in [0.15, 0.2) is 41.3 Å². The quantitative estimate of drug-likeness (QED) is 0.481. The van der Waals surface area contributed by atoms with Gasteiger partial charge in [0.2, 0.25) is 10.0 Å². The number of hydrogen-bond acceptors (Lipinski definition) is 7. The fourth-order valence-electron chi connectivity index (χ4n) is 2.48. The van der Waals surface area contributed by atoms with Crippen LogP contribution in [0, 0.1) is 10.2 Å². The largest absolute Gasteiger partial charge is 0.377 e. The van der Waals surface area contributed by atoms with E-state index in [4.69, 9.17) is 18.6 Å². The molecule has 28 heavy (non-hydrogen) atoms. The lowest BCUT2D eigenvalue weighted by atomic mass is 10.1. The number of nitrogens with zero attached hydrogens (tertiary/aromatic N) is 2. The van der Waals surface area contributed by atoms with Crippen LogP contribution >= 0.6 is 0 Å². The Labute approximate surface area is 167 Å². The minimum atomic E-state index is -4.94. The van der Waals surface area contributed by atoms with Gasteiger partial charge in [-0.05, 0) is 12.1 Å². The van der Waals surface area contributed by atoms with Gasteiger partial charge in [0.15, 0.2) is 0 Å². The van der Waals surface area contributed by atoms with E-state index in [0.29, 0.717) is 15.9 Å². The summed E-state index contributed by atoms with van der Waals surface area (Å²) in [4.78, 5) is 2.32. The Morgan fingerprint density at radius 2 is 1.46 bits per heavy atom. The van der Waals surface area contributed by atoms with Gasteiger partial charge in [0, 0.05) is 30.6 Å². The first-order chi connectivity index (χ1) is 12.6. The fraction of sp³-hybridized carbons (Fsp3) is 0.412. The van der Waals surface area contributed by atoms with Crippen LogP contribution in [0.4, 0.5) is 5.69 Å². The molecule has 0 aliphatic rings. The van der Waals surface area contributed by atoms with E-state index in [-0.39, 0.29) is 0 Å². The summed E-state index contributed by atoms with van der Waals surface area (Å²) in [6.07, 6.45) is 0. The number of rotatable bonds is 6. The molecule has 0 aromatic heterocycles. The topological polar surface area (TPSA) is 142 Å².